The van der Waals surface area contributed by atoms with Gasteiger partial charge in [0.25, 0.3) is 0 Å². The third kappa shape index (κ3) is 4.41. The molecule has 3 atom stereocenters. The molecule has 1 unspecified atom stereocenters. The Kier molecular flexibility index (Phi) is 6.44. The topological polar surface area (TPSA) is 96.6 Å². The molecule has 6 nitrogen and oxygen atoms in total. The molecule has 1 aliphatic rings. The highest BCUT2D eigenvalue weighted by molar-refractivity contribution is 5.87. The maximum Gasteiger partial charge on any atom is 0.335 e. The average molecular weight is 468 g/mol. The molecule has 0 amide bonds. The van der Waals surface area contributed by atoms with Crippen LogP contribution in [0.3, 0.4) is 0 Å². The fourth-order valence-electron chi connectivity index (χ4n) is 4.95. The first-order chi connectivity index (χ1) is 16.8. The largest absolute Gasteiger partial charge is 0.481 e. The second-order valence-electron chi connectivity index (χ2n) is 9.02. The Morgan fingerprint density at radius 3 is 2.14 bits per heavy atom. The summed E-state index contributed by atoms with van der Waals surface area (Å²) in [6.07, 6.45) is 2.79. The first kappa shape index (κ1) is 23.8. The van der Waals surface area contributed by atoms with Crippen LogP contribution in [0.5, 0.6) is 17.2 Å². The molecule has 0 spiro atoms. The predicted molar refractivity (Wildman–Crippen MR) is 130 cm³/mol. The Bertz CT molecular complexity index is 1290. The summed E-state index contributed by atoms with van der Waals surface area (Å²) >= 11 is 0. The summed E-state index contributed by atoms with van der Waals surface area (Å²) in [7, 11) is 0. The van der Waals surface area contributed by atoms with Crippen molar-refractivity contribution < 1.29 is 24.2 Å². The van der Waals surface area contributed by atoms with Crippen molar-refractivity contribution in [2.24, 2.45) is 16.7 Å². The Morgan fingerprint density at radius 1 is 0.943 bits per heavy atom. The lowest BCUT2D eigenvalue weighted by molar-refractivity contribution is -0.145. The van der Waals surface area contributed by atoms with Crippen LogP contribution < -0.4 is 9.47 Å². The molecule has 0 aromatic heterocycles. The van der Waals surface area contributed by atoms with Gasteiger partial charge in [-0.25, -0.2) is 4.79 Å². The predicted octanol–water partition coefficient (Wildman–Crippen LogP) is 5.97. The molecule has 0 aliphatic heterocycles. The average Bonchev–Trinajstić information content (AvgIpc) is 3.35. The first-order valence-electron chi connectivity index (χ1n) is 11.2. The van der Waals surface area contributed by atoms with Gasteiger partial charge < -0.3 is 14.6 Å². The minimum atomic E-state index is -1.42. The summed E-state index contributed by atoms with van der Waals surface area (Å²) in [5.41, 5.74) is -1.66. The summed E-state index contributed by atoms with van der Waals surface area (Å²) in [5, 5.41) is 20.5. The zero-order valence-corrected chi connectivity index (χ0v) is 19.4. The van der Waals surface area contributed by atoms with Gasteiger partial charge in [-0.1, -0.05) is 68.5 Å². The van der Waals surface area contributed by atoms with Crippen molar-refractivity contribution in [1.29, 1.82) is 5.26 Å². The van der Waals surface area contributed by atoms with E-state index in [0.717, 1.165) is 0 Å². The molecule has 4 rings (SSSR count). The van der Waals surface area contributed by atoms with E-state index in [9.17, 15) is 20.0 Å². The number of ether oxygens (including phenoxy) is 2. The number of hydrogen-bond acceptors (Lipinski definition) is 5. The molecule has 1 aliphatic carbocycles. The molecule has 0 saturated heterocycles. The number of benzene rings is 3. The second-order valence-corrected chi connectivity index (χ2v) is 9.02. The van der Waals surface area contributed by atoms with Crippen molar-refractivity contribution in [1.82, 2.24) is 0 Å². The fourth-order valence-corrected chi connectivity index (χ4v) is 4.95. The highest BCUT2D eigenvalue weighted by Crippen LogP contribution is 2.75. The molecule has 3 aromatic carbocycles. The molecule has 3 aromatic rings. The number of carbonyl (C=O) groups is 2. The van der Waals surface area contributed by atoms with Crippen LogP contribution in [0, 0.1) is 28.1 Å². The SMILES string of the molecule is CC1(C)[C@H](C=CC(=O)Oc2ccccc2)[C@@]1(C(=O)O)C(C#N)c1cccc(Oc2ccccc2)c1. The highest BCUT2D eigenvalue weighted by Gasteiger charge is 2.78. The van der Waals surface area contributed by atoms with Crippen molar-refractivity contribution >= 4 is 11.9 Å². The van der Waals surface area contributed by atoms with Crippen LogP contribution >= 0.6 is 0 Å². The number of carboxylic acid groups (broad SMARTS) is 1. The molecule has 1 saturated carbocycles. The van der Waals surface area contributed by atoms with Gasteiger partial charge in [-0.3, -0.25) is 4.79 Å². The molecule has 176 valence electrons. The van der Waals surface area contributed by atoms with Crippen LogP contribution in [-0.2, 0) is 9.59 Å². The lowest BCUT2D eigenvalue weighted by Crippen LogP contribution is -2.28. The number of esters is 1. The monoisotopic (exact) mass is 467 g/mol. The second kappa shape index (κ2) is 9.47. The standard InChI is InChI=1S/C29H25NO5/c1-28(2)25(16-17-26(31)35-22-13-7-4-8-14-22)29(28,27(32)33)24(19-30)20-10-9-15-23(18-20)34-21-11-5-3-6-12-21/h3-18,24-25H,1-2H3,(H,32,33)/t24?,25-,29+/m0/s1. The van der Waals surface area contributed by atoms with Crippen LogP contribution in [0.25, 0.3) is 0 Å². The van der Waals surface area contributed by atoms with Crippen molar-refractivity contribution in [3.8, 4) is 23.3 Å². The smallest absolute Gasteiger partial charge is 0.335 e. The number of carboxylic acids is 1. The van der Waals surface area contributed by atoms with Crippen molar-refractivity contribution in [2.75, 3.05) is 0 Å². The number of hydrogen-bond donors (Lipinski definition) is 1. The van der Waals surface area contributed by atoms with Crippen LogP contribution in [0.4, 0.5) is 0 Å². The van der Waals surface area contributed by atoms with E-state index in [4.69, 9.17) is 9.47 Å². The molecule has 0 bridgehead atoms. The summed E-state index contributed by atoms with van der Waals surface area (Å²) in [6.45, 7) is 3.60. The molecule has 0 radical (unpaired) electrons. The summed E-state index contributed by atoms with van der Waals surface area (Å²) in [5.74, 6) is -1.68. The maximum atomic E-state index is 12.7. The van der Waals surface area contributed by atoms with Gasteiger partial charge in [0.05, 0.1) is 12.0 Å². The summed E-state index contributed by atoms with van der Waals surface area (Å²) in [6, 6.07) is 27.0. The number of allylic oxidation sites excluding steroid dienone is 1. The number of aliphatic carboxylic acids is 1. The molecule has 1 fully saturated rings. The third-order valence-corrected chi connectivity index (χ3v) is 6.75. The van der Waals surface area contributed by atoms with E-state index < -0.39 is 34.6 Å². The minimum absolute atomic E-state index is 0.395. The summed E-state index contributed by atoms with van der Waals surface area (Å²) < 4.78 is 11.2. The Morgan fingerprint density at radius 2 is 1.54 bits per heavy atom. The lowest BCUT2D eigenvalue weighted by atomic mass is 9.78. The lowest BCUT2D eigenvalue weighted by Gasteiger charge is -2.22. The van der Waals surface area contributed by atoms with E-state index in [1.54, 1.807) is 68.5 Å². The van der Waals surface area contributed by atoms with Gasteiger partial charge in [0.15, 0.2) is 0 Å². The van der Waals surface area contributed by atoms with Crippen LogP contribution in [0.15, 0.2) is 97.1 Å². The van der Waals surface area contributed by atoms with Gasteiger partial charge in [0.1, 0.15) is 22.7 Å². The normalized spacial score (nSPS) is 21.0. The number of nitriles is 1. The van der Waals surface area contributed by atoms with E-state index in [-0.39, 0.29) is 0 Å². The van der Waals surface area contributed by atoms with E-state index in [2.05, 4.69) is 6.07 Å². The Labute approximate surface area is 204 Å². The Hall–Kier alpha value is -4.37. The van der Waals surface area contributed by atoms with Gasteiger partial charge in [0, 0.05) is 12.0 Å². The fraction of sp³-hybridized carbons (Fsp3) is 0.207. The molecular weight excluding hydrogens is 442 g/mol. The van der Waals surface area contributed by atoms with E-state index in [1.807, 2.05) is 36.4 Å². The van der Waals surface area contributed by atoms with Gasteiger partial charge in [0.2, 0.25) is 0 Å². The van der Waals surface area contributed by atoms with Crippen LogP contribution in [0.2, 0.25) is 0 Å². The quantitative estimate of drug-likeness (QED) is 0.249. The third-order valence-electron chi connectivity index (χ3n) is 6.75. The van der Waals surface area contributed by atoms with E-state index in [0.29, 0.717) is 22.8 Å². The molecule has 0 heterocycles. The zero-order chi connectivity index (χ0) is 25.1. The van der Waals surface area contributed by atoms with Crippen molar-refractivity contribution in [3.63, 3.8) is 0 Å². The van der Waals surface area contributed by atoms with Gasteiger partial charge in [-0.2, -0.15) is 5.26 Å². The Balaban J connectivity index is 1.61. The summed E-state index contributed by atoms with van der Waals surface area (Å²) in [4.78, 5) is 25.0. The van der Waals surface area contributed by atoms with Gasteiger partial charge in [-0.05, 0) is 47.4 Å². The maximum absolute atomic E-state index is 12.7. The minimum Gasteiger partial charge on any atom is -0.481 e. The van der Waals surface area contributed by atoms with Crippen molar-refractivity contribution in [2.45, 2.75) is 19.8 Å². The molecular formula is C29H25NO5. The highest BCUT2D eigenvalue weighted by atomic mass is 16.5. The van der Waals surface area contributed by atoms with Crippen LogP contribution in [0.1, 0.15) is 25.3 Å². The molecule has 1 N–H and O–H groups in total. The number of nitrogens with zero attached hydrogens (tertiary/aromatic N) is 1. The van der Waals surface area contributed by atoms with Gasteiger partial charge in [-0.15, -0.1) is 0 Å². The van der Waals surface area contributed by atoms with E-state index in [1.165, 1.54) is 6.08 Å². The number of rotatable bonds is 8. The van der Waals surface area contributed by atoms with E-state index >= 15 is 0 Å². The first-order valence-corrected chi connectivity index (χ1v) is 11.2. The van der Waals surface area contributed by atoms with Gasteiger partial charge >= 0.3 is 11.9 Å². The van der Waals surface area contributed by atoms with Crippen LogP contribution in [-0.4, -0.2) is 17.0 Å². The zero-order valence-electron chi connectivity index (χ0n) is 19.4. The molecule has 35 heavy (non-hydrogen) atoms. The number of carbonyl (C=O) groups excluding carboxylic acids is 1. The molecule has 6 heteroatoms. The number of para-hydroxylation sites is 2. The van der Waals surface area contributed by atoms with Crippen molar-refractivity contribution in [3.05, 3.63) is 103 Å².